The van der Waals surface area contributed by atoms with Crippen LogP contribution < -0.4 is 5.32 Å². The highest BCUT2D eigenvalue weighted by Gasteiger charge is 2.25. The maximum absolute atomic E-state index is 12.8. The molecule has 1 saturated carbocycles. The van der Waals surface area contributed by atoms with Crippen LogP contribution in [0.25, 0.3) is 5.65 Å². The summed E-state index contributed by atoms with van der Waals surface area (Å²) in [4.78, 5) is 18.8. The van der Waals surface area contributed by atoms with Crippen molar-refractivity contribution in [2.45, 2.75) is 51.5 Å². The van der Waals surface area contributed by atoms with Crippen molar-refractivity contribution in [3.05, 3.63) is 57.7 Å². The van der Waals surface area contributed by atoms with E-state index < -0.39 is 0 Å². The molecule has 0 aliphatic heterocycles. The standard InChI is InChI=1S/C20H23N3OS/c1-13-12-14(2)23-10-9-17(19(23)21-13)20(24)22-16-7-5-15(6-8-16)18-4-3-11-25-18/h3-4,9-12,15-16H,5-8H2,1-2H3,(H,22,24). The smallest absolute Gasteiger partial charge is 0.255 e. The molecular formula is C20H23N3OS. The highest BCUT2D eigenvalue weighted by molar-refractivity contribution is 7.10. The Morgan fingerprint density at radius 3 is 2.76 bits per heavy atom. The summed E-state index contributed by atoms with van der Waals surface area (Å²) in [7, 11) is 0. The van der Waals surface area contributed by atoms with Crippen molar-refractivity contribution in [2.75, 3.05) is 0 Å². The fourth-order valence-corrected chi connectivity index (χ4v) is 4.78. The first-order valence-corrected chi connectivity index (χ1v) is 9.79. The fraction of sp³-hybridized carbons (Fsp3) is 0.400. The minimum Gasteiger partial charge on any atom is -0.349 e. The van der Waals surface area contributed by atoms with Crippen molar-refractivity contribution >= 4 is 22.9 Å². The molecule has 5 heteroatoms. The van der Waals surface area contributed by atoms with Crippen LogP contribution in [-0.2, 0) is 0 Å². The highest BCUT2D eigenvalue weighted by Crippen LogP contribution is 2.35. The molecule has 130 valence electrons. The van der Waals surface area contributed by atoms with Gasteiger partial charge in [-0.1, -0.05) is 6.07 Å². The summed E-state index contributed by atoms with van der Waals surface area (Å²) in [5.74, 6) is 0.662. The van der Waals surface area contributed by atoms with Gasteiger partial charge < -0.3 is 9.72 Å². The van der Waals surface area contributed by atoms with E-state index in [4.69, 9.17) is 0 Å². The molecule has 1 amide bonds. The largest absolute Gasteiger partial charge is 0.349 e. The number of nitrogens with zero attached hydrogens (tertiary/aromatic N) is 2. The molecule has 1 aliphatic carbocycles. The van der Waals surface area contributed by atoms with Crippen molar-refractivity contribution in [3.8, 4) is 0 Å². The molecule has 0 unspecified atom stereocenters. The van der Waals surface area contributed by atoms with E-state index in [1.807, 2.05) is 47.9 Å². The van der Waals surface area contributed by atoms with Gasteiger partial charge in [0.25, 0.3) is 5.91 Å². The van der Waals surface area contributed by atoms with Crippen LogP contribution in [0.4, 0.5) is 0 Å². The molecule has 3 heterocycles. The predicted octanol–water partition coefficient (Wildman–Crippen LogP) is 4.47. The third kappa shape index (κ3) is 3.21. The minimum atomic E-state index is -0.000395. The first kappa shape index (κ1) is 16.3. The summed E-state index contributed by atoms with van der Waals surface area (Å²) in [6, 6.07) is 8.53. The SMILES string of the molecule is Cc1cc(C)n2ccc(C(=O)NC3CCC(c4cccs4)CC3)c2n1. The minimum absolute atomic E-state index is 0.000395. The van der Waals surface area contributed by atoms with Crippen LogP contribution in [0.3, 0.4) is 0 Å². The molecule has 0 bridgehead atoms. The number of thiophene rings is 1. The van der Waals surface area contributed by atoms with Crippen molar-refractivity contribution in [3.63, 3.8) is 0 Å². The lowest BCUT2D eigenvalue weighted by atomic mass is 9.85. The zero-order chi connectivity index (χ0) is 17.4. The predicted molar refractivity (Wildman–Crippen MR) is 101 cm³/mol. The Hall–Kier alpha value is -2.14. The Labute approximate surface area is 151 Å². The average molecular weight is 353 g/mol. The van der Waals surface area contributed by atoms with Crippen LogP contribution in [0.5, 0.6) is 0 Å². The molecule has 4 nitrogen and oxygen atoms in total. The van der Waals surface area contributed by atoms with Gasteiger partial charge in [0.05, 0.1) is 5.56 Å². The number of aromatic nitrogens is 2. The van der Waals surface area contributed by atoms with Crippen LogP contribution >= 0.6 is 11.3 Å². The summed E-state index contributed by atoms with van der Waals surface area (Å²) in [6.07, 6.45) is 6.33. The first-order valence-electron chi connectivity index (χ1n) is 8.91. The second-order valence-corrected chi connectivity index (χ2v) is 7.98. The van der Waals surface area contributed by atoms with Gasteiger partial charge in [-0.15, -0.1) is 11.3 Å². The van der Waals surface area contributed by atoms with Gasteiger partial charge in [-0.05, 0) is 69.0 Å². The molecule has 0 saturated heterocycles. The Bertz CT molecular complexity index is 889. The number of fused-ring (bicyclic) bond motifs is 1. The van der Waals surface area contributed by atoms with Crippen molar-refractivity contribution in [2.24, 2.45) is 0 Å². The summed E-state index contributed by atoms with van der Waals surface area (Å²) in [5, 5.41) is 5.38. The van der Waals surface area contributed by atoms with E-state index in [9.17, 15) is 4.79 Å². The van der Waals surface area contributed by atoms with Gasteiger partial charge in [0.2, 0.25) is 0 Å². The van der Waals surface area contributed by atoms with Crippen molar-refractivity contribution < 1.29 is 4.79 Å². The molecule has 1 fully saturated rings. The van der Waals surface area contributed by atoms with Crippen LogP contribution in [0.1, 0.15) is 58.2 Å². The maximum atomic E-state index is 12.8. The number of hydrogen-bond acceptors (Lipinski definition) is 3. The van der Waals surface area contributed by atoms with Crippen LogP contribution in [0, 0.1) is 13.8 Å². The van der Waals surface area contributed by atoms with Gasteiger partial charge in [0.15, 0.2) is 0 Å². The summed E-state index contributed by atoms with van der Waals surface area (Å²) < 4.78 is 1.98. The lowest BCUT2D eigenvalue weighted by Gasteiger charge is -2.28. The molecular weight excluding hydrogens is 330 g/mol. The second kappa shape index (κ2) is 6.64. The average Bonchev–Trinajstić information content (AvgIpc) is 3.25. The highest BCUT2D eigenvalue weighted by atomic mass is 32.1. The Morgan fingerprint density at radius 1 is 1.24 bits per heavy atom. The molecule has 1 N–H and O–H groups in total. The zero-order valence-corrected chi connectivity index (χ0v) is 15.5. The van der Waals surface area contributed by atoms with Crippen LogP contribution in [0.2, 0.25) is 0 Å². The van der Waals surface area contributed by atoms with E-state index >= 15 is 0 Å². The number of carbonyl (C=O) groups is 1. The molecule has 0 radical (unpaired) electrons. The van der Waals surface area contributed by atoms with Gasteiger partial charge in [-0.3, -0.25) is 4.79 Å². The maximum Gasteiger partial charge on any atom is 0.255 e. The quantitative estimate of drug-likeness (QED) is 0.755. The number of amides is 1. The molecule has 0 atom stereocenters. The number of hydrogen-bond donors (Lipinski definition) is 1. The lowest BCUT2D eigenvalue weighted by molar-refractivity contribution is 0.0927. The topological polar surface area (TPSA) is 46.4 Å². The van der Waals surface area contributed by atoms with Crippen molar-refractivity contribution in [1.29, 1.82) is 0 Å². The van der Waals surface area contributed by atoms with Gasteiger partial charge >= 0.3 is 0 Å². The molecule has 0 spiro atoms. The fourth-order valence-electron chi connectivity index (χ4n) is 3.88. The van der Waals surface area contributed by atoms with E-state index in [0.29, 0.717) is 11.5 Å². The normalized spacial score (nSPS) is 20.7. The van der Waals surface area contributed by atoms with Crippen LogP contribution in [0.15, 0.2) is 35.8 Å². The van der Waals surface area contributed by atoms with Gasteiger partial charge in [-0.2, -0.15) is 0 Å². The lowest BCUT2D eigenvalue weighted by Crippen LogP contribution is -2.37. The number of carbonyl (C=O) groups excluding carboxylic acids is 1. The van der Waals surface area contributed by atoms with Gasteiger partial charge in [-0.25, -0.2) is 4.98 Å². The molecule has 3 aromatic rings. The van der Waals surface area contributed by atoms with Crippen molar-refractivity contribution in [1.82, 2.24) is 14.7 Å². The second-order valence-electron chi connectivity index (χ2n) is 7.00. The molecule has 3 aromatic heterocycles. The molecule has 0 aromatic carbocycles. The van der Waals surface area contributed by atoms with Crippen LogP contribution in [-0.4, -0.2) is 21.3 Å². The molecule has 4 rings (SSSR count). The molecule has 1 aliphatic rings. The first-order chi connectivity index (χ1) is 12.1. The van der Waals surface area contributed by atoms with Gasteiger partial charge in [0.1, 0.15) is 5.65 Å². The summed E-state index contributed by atoms with van der Waals surface area (Å²) in [6.45, 7) is 4.00. The van der Waals surface area contributed by atoms with E-state index in [0.717, 1.165) is 42.7 Å². The molecule has 25 heavy (non-hydrogen) atoms. The third-order valence-corrected chi connectivity index (χ3v) is 6.23. The van der Waals surface area contributed by atoms with E-state index in [-0.39, 0.29) is 11.9 Å². The van der Waals surface area contributed by atoms with E-state index in [2.05, 4.69) is 27.8 Å². The summed E-state index contributed by atoms with van der Waals surface area (Å²) >= 11 is 1.85. The summed E-state index contributed by atoms with van der Waals surface area (Å²) in [5.41, 5.74) is 3.46. The zero-order valence-electron chi connectivity index (χ0n) is 14.7. The Kier molecular flexibility index (Phi) is 4.34. The Morgan fingerprint density at radius 2 is 2.04 bits per heavy atom. The number of nitrogens with one attached hydrogen (secondary N) is 1. The van der Waals surface area contributed by atoms with E-state index in [1.54, 1.807) is 0 Å². The van der Waals surface area contributed by atoms with Gasteiger partial charge in [0, 0.05) is 28.5 Å². The third-order valence-electron chi connectivity index (χ3n) is 5.19. The Balaban J connectivity index is 1.45. The number of aryl methyl sites for hydroxylation is 2. The van der Waals surface area contributed by atoms with E-state index in [1.165, 1.54) is 4.88 Å². The monoisotopic (exact) mass is 353 g/mol. The number of rotatable bonds is 3.